The van der Waals surface area contributed by atoms with Crippen LogP contribution in [0.25, 0.3) is 11.0 Å². The second-order valence-electron chi connectivity index (χ2n) is 7.55. The van der Waals surface area contributed by atoms with Gasteiger partial charge in [-0.15, -0.1) is 0 Å². The Labute approximate surface area is 172 Å². The average Bonchev–Trinajstić information content (AvgIpc) is 2.69. The van der Waals surface area contributed by atoms with Crippen molar-refractivity contribution in [1.29, 1.82) is 0 Å². The Bertz CT molecular complexity index is 1190. The molecule has 3 aromatic rings. The van der Waals surface area contributed by atoms with Crippen molar-refractivity contribution < 1.29 is 21.6 Å². The van der Waals surface area contributed by atoms with Gasteiger partial charge in [0, 0.05) is 49.6 Å². The predicted octanol–water partition coefficient (Wildman–Crippen LogP) is 3.65. The highest BCUT2D eigenvalue weighted by molar-refractivity contribution is 7.90. The zero-order valence-electron chi connectivity index (χ0n) is 16.3. The molecule has 4 rings (SSSR count). The monoisotopic (exact) mass is 435 g/mol. The molecule has 0 radical (unpaired) electrons. The number of fused-ring (bicyclic) bond motifs is 2. The summed E-state index contributed by atoms with van der Waals surface area (Å²) in [5, 5.41) is 0.391. The number of hydrogen-bond acceptors (Lipinski definition) is 5. The van der Waals surface area contributed by atoms with E-state index in [9.17, 15) is 21.6 Å². The van der Waals surface area contributed by atoms with Gasteiger partial charge < -0.3 is 0 Å². The van der Waals surface area contributed by atoms with Gasteiger partial charge in [-0.05, 0) is 41.8 Å². The molecule has 0 fully saturated rings. The van der Waals surface area contributed by atoms with E-state index in [1.807, 2.05) is 12.1 Å². The highest BCUT2D eigenvalue weighted by Crippen LogP contribution is 2.31. The molecule has 1 aromatic carbocycles. The molecule has 0 spiro atoms. The first kappa shape index (κ1) is 20.7. The van der Waals surface area contributed by atoms with Gasteiger partial charge >= 0.3 is 6.18 Å². The van der Waals surface area contributed by atoms with Crippen molar-refractivity contribution >= 4 is 20.9 Å². The molecule has 0 saturated carbocycles. The lowest BCUT2D eigenvalue weighted by Gasteiger charge is -2.28. The Balaban J connectivity index is 1.48. The number of benzene rings is 1. The van der Waals surface area contributed by atoms with Crippen molar-refractivity contribution in [2.75, 3.05) is 19.3 Å². The standard InChI is InChI=1S/C21H20F3N3O2S/c1-30(28,29)18-4-2-14(3-5-18)6-8-27-9-7-19-16(13-27)10-15-11-17(21(22,23)24)12-25-20(15)26-19/h2-5,10-12H,6-9,13H2,1H3. The van der Waals surface area contributed by atoms with E-state index in [-0.39, 0.29) is 0 Å². The van der Waals surface area contributed by atoms with Crippen molar-refractivity contribution in [2.45, 2.75) is 30.5 Å². The van der Waals surface area contributed by atoms with Gasteiger partial charge in [-0.3, -0.25) is 4.90 Å². The summed E-state index contributed by atoms with van der Waals surface area (Å²) in [5.74, 6) is 0. The Morgan fingerprint density at radius 3 is 2.53 bits per heavy atom. The van der Waals surface area contributed by atoms with Crippen molar-refractivity contribution in [3.8, 4) is 0 Å². The summed E-state index contributed by atoms with van der Waals surface area (Å²) in [7, 11) is -3.21. The fourth-order valence-corrected chi connectivity index (χ4v) is 4.25. The smallest absolute Gasteiger partial charge is 0.298 e. The maximum Gasteiger partial charge on any atom is 0.417 e. The molecule has 2 aromatic heterocycles. The number of hydrogen-bond donors (Lipinski definition) is 0. The van der Waals surface area contributed by atoms with E-state index in [2.05, 4.69) is 14.9 Å². The highest BCUT2D eigenvalue weighted by atomic mass is 32.2. The van der Waals surface area contributed by atoms with Crippen LogP contribution in [0, 0.1) is 0 Å². The van der Waals surface area contributed by atoms with Gasteiger partial charge in [-0.25, -0.2) is 18.4 Å². The van der Waals surface area contributed by atoms with E-state index in [0.29, 0.717) is 28.9 Å². The Morgan fingerprint density at radius 1 is 1.13 bits per heavy atom. The van der Waals surface area contributed by atoms with E-state index >= 15 is 0 Å². The van der Waals surface area contributed by atoms with Gasteiger partial charge in [0.15, 0.2) is 15.5 Å². The first-order chi connectivity index (χ1) is 14.1. The summed E-state index contributed by atoms with van der Waals surface area (Å²) >= 11 is 0. The number of aromatic nitrogens is 2. The number of sulfone groups is 1. The summed E-state index contributed by atoms with van der Waals surface area (Å²) < 4.78 is 62.0. The van der Waals surface area contributed by atoms with Crippen LogP contribution in [0.5, 0.6) is 0 Å². The van der Waals surface area contributed by atoms with Crippen LogP contribution < -0.4 is 0 Å². The molecule has 0 unspecified atom stereocenters. The van der Waals surface area contributed by atoms with E-state index in [1.54, 1.807) is 18.2 Å². The molecule has 5 nitrogen and oxygen atoms in total. The van der Waals surface area contributed by atoms with Gasteiger partial charge in [0.05, 0.1) is 10.5 Å². The molecular weight excluding hydrogens is 415 g/mol. The van der Waals surface area contributed by atoms with E-state index in [0.717, 1.165) is 48.6 Å². The maximum absolute atomic E-state index is 13.0. The topological polar surface area (TPSA) is 63.2 Å². The molecule has 0 atom stereocenters. The summed E-state index contributed by atoms with van der Waals surface area (Å²) in [6.07, 6.45) is -0.971. The molecule has 158 valence electrons. The molecule has 0 aliphatic carbocycles. The highest BCUT2D eigenvalue weighted by Gasteiger charge is 2.31. The van der Waals surface area contributed by atoms with Gasteiger partial charge in [0.25, 0.3) is 0 Å². The van der Waals surface area contributed by atoms with Gasteiger partial charge in [-0.1, -0.05) is 12.1 Å². The van der Waals surface area contributed by atoms with E-state index in [4.69, 9.17) is 0 Å². The molecule has 9 heteroatoms. The molecule has 1 aliphatic heterocycles. The van der Waals surface area contributed by atoms with Gasteiger partial charge in [0.2, 0.25) is 0 Å². The molecule has 1 aliphatic rings. The van der Waals surface area contributed by atoms with Crippen molar-refractivity contribution in [1.82, 2.24) is 14.9 Å². The zero-order chi connectivity index (χ0) is 21.5. The van der Waals surface area contributed by atoms with Crippen LogP contribution in [0.15, 0.2) is 47.5 Å². The third-order valence-electron chi connectivity index (χ3n) is 5.29. The van der Waals surface area contributed by atoms with Gasteiger partial charge in [-0.2, -0.15) is 13.2 Å². The predicted molar refractivity (Wildman–Crippen MR) is 107 cm³/mol. The Morgan fingerprint density at radius 2 is 1.87 bits per heavy atom. The summed E-state index contributed by atoms with van der Waals surface area (Å²) in [4.78, 5) is 10.9. The number of nitrogens with zero attached hydrogens (tertiary/aromatic N) is 3. The quantitative estimate of drug-likeness (QED) is 0.626. The van der Waals surface area contributed by atoms with Crippen LogP contribution >= 0.6 is 0 Å². The number of halogens is 3. The molecule has 3 heterocycles. The molecule has 0 N–H and O–H groups in total. The minimum atomic E-state index is -4.43. The molecule has 0 bridgehead atoms. The van der Waals surface area contributed by atoms with E-state index in [1.165, 1.54) is 6.26 Å². The third-order valence-corrected chi connectivity index (χ3v) is 6.42. The first-order valence-electron chi connectivity index (χ1n) is 9.47. The first-order valence-corrected chi connectivity index (χ1v) is 11.4. The fourth-order valence-electron chi connectivity index (χ4n) is 3.62. The second kappa shape index (κ2) is 7.63. The lowest BCUT2D eigenvalue weighted by molar-refractivity contribution is -0.137. The number of alkyl halides is 3. The van der Waals surface area contributed by atoms with Gasteiger partial charge in [0.1, 0.15) is 0 Å². The average molecular weight is 435 g/mol. The van der Waals surface area contributed by atoms with Crippen molar-refractivity contribution in [3.05, 3.63) is 65.0 Å². The zero-order valence-corrected chi connectivity index (χ0v) is 17.1. The summed E-state index contributed by atoms with van der Waals surface area (Å²) in [6.45, 7) is 2.17. The SMILES string of the molecule is CS(=O)(=O)c1ccc(CCN2CCc3nc4ncc(C(F)(F)F)cc4cc3C2)cc1. The lowest BCUT2D eigenvalue weighted by atomic mass is 10.0. The minimum Gasteiger partial charge on any atom is -0.298 e. The minimum absolute atomic E-state index is 0.294. The van der Waals surface area contributed by atoms with Crippen molar-refractivity contribution in [3.63, 3.8) is 0 Å². The maximum atomic E-state index is 13.0. The number of pyridine rings is 2. The van der Waals surface area contributed by atoms with Crippen LogP contribution in [-0.4, -0.2) is 42.6 Å². The third kappa shape index (κ3) is 4.46. The van der Waals surface area contributed by atoms with Crippen molar-refractivity contribution in [2.24, 2.45) is 0 Å². The summed E-state index contributed by atoms with van der Waals surface area (Å²) in [5.41, 5.74) is 2.39. The molecule has 0 saturated heterocycles. The van der Waals surface area contributed by atoms with Crippen LogP contribution in [-0.2, 0) is 35.4 Å². The largest absolute Gasteiger partial charge is 0.417 e. The molecule has 30 heavy (non-hydrogen) atoms. The Hall–Kier alpha value is -2.52. The molecule has 0 amide bonds. The summed E-state index contributed by atoms with van der Waals surface area (Å²) in [6, 6.07) is 9.70. The number of rotatable bonds is 4. The van der Waals surface area contributed by atoms with Crippen LogP contribution in [0.2, 0.25) is 0 Å². The normalized spacial score (nSPS) is 15.3. The van der Waals surface area contributed by atoms with Crippen LogP contribution in [0.3, 0.4) is 0 Å². The van der Waals surface area contributed by atoms with E-state index < -0.39 is 21.6 Å². The van der Waals surface area contributed by atoms with Crippen LogP contribution in [0.1, 0.15) is 22.4 Å². The fraction of sp³-hybridized carbons (Fsp3) is 0.333. The molecular formula is C21H20F3N3O2S. The second-order valence-corrected chi connectivity index (χ2v) is 9.57. The Kier molecular flexibility index (Phi) is 5.27. The lowest BCUT2D eigenvalue weighted by Crippen LogP contribution is -2.32. The van der Waals surface area contributed by atoms with Crippen LogP contribution in [0.4, 0.5) is 13.2 Å².